The number of allylic oxidation sites excluding steroid dienone is 1. The van der Waals surface area contributed by atoms with Gasteiger partial charge in [-0.1, -0.05) is 26.2 Å². The third-order valence-corrected chi connectivity index (χ3v) is 0.781. The second-order valence-electron chi connectivity index (χ2n) is 3.19. The summed E-state index contributed by atoms with van der Waals surface area (Å²) in [6, 6.07) is 0. The Balaban J connectivity index is 0. The molecular formula is C9H15LiO. The first-order valence-electron chi connectivity index (χ1n) is 3.53. The zero-order valence-electron chi connectivity index (χ0n) is 8.19. The predicted molar refractivity (Wildman–Crippen MR) is 42.4 cm³/mol. The number of hydrogen-bond acceptors (Lipinski definition) is 1. The molecular weight excluding hydrogens is 131 g/mol. The average molecular weight is 146 g/mol. The summed E-state index contributed by atoms with van der Waals surface area (Å²) in [5.41, 5.74) is 3.00. The van der Waals surface area contributed by atoms with Gasteiger partial charge in [-0.05, 0) is 13.2 Å². The van der Waals surface area contributed by atoms with Gasteiger partial charge in [0.15, 0.2) is 0 Å². The first-order chi connectivity index (χ1) is 4.56. The minimum absolute atomic E-state index is 0. The Labute approximate surface area is 81.7 Å². The Morgan fingerprint density at radius 2 is 2.00 bits per heavy atom. The van der Waals surface area contributed by atoms with Crippen molar-refractivity contribution in [3.8, 4) is 0 Å². The maximum atomic E-state index is 4.84. The summed E-state index contributed by atoms with van der Waals surface area (Å²) in [5, 5.41) is 0. The van der Waals surface area contributed by atoms with E-state index >= 15 is 0 Å². The van der Waals surface area contributed by atoms with Crippen LogP contribution in [0.5, 0.6) is 0 Å². The summed E-state index contributed by atoms with van der Waals surface area (Å²) in [4.78, 5) is 0. The van der Waals surface area contributed by atoms with Gasteiger partial charge in [0.05, 0.1) is 6.61 Å². The summed E-state index contributed by atoms with van der Waals surface area (Å²) >= 11 is 0. The minimum Gasteiger partial charge on any atom is -0.586 e. The maximum absolute atomic E-state index is 4.84. The molecule has 0 bridgehead atoms. The molecule has 0 fully saturated rings. The van der Waals surface area contributed by atoms with Crippen molar-refractivity contribution < 1.29 is 23.6 Å². The van der Waals surface area contributed by atoms with Gasteiger partial charge in [0.1, 0.15) is 0 Å². The van der Waals surface area contributed by atoms with Crippen LogP contribution in [0, 0.1) is 11.7 Å². The summed E-state index contributed by atoms with van der Waals surface area (Å²) in [5.74, 6) is 0. The molecule has 0 aliphatic heterocycles. The molecule has 0 spiro atoms. The molecule has 0 aliphatic rings. The van der Waals surface area contributed by atoms with Crippen molar-refractivity contribution in [1.29, 1.82) is 0 Å². The van der Waals surface area contributed by atoms with E-state index < -0.39 is 0 Å². The van der Waals surface area contributed by atoms with Crippen LogP contribution in [-0.4, -0.2) is 6.61 Å². The van der Waals surface area contributed by atoms with Gasteiger partial charge in [0.25, 0.3) is 0 Å². The van der Waals surface area contributed by atoms with E-state index in [1.165, 1.54) is 0 Å². The van der Waals surface area contributed by atoms with Crippen molar-refractivity contribution in [2.45, 2.75) is 27.7 Å². The van der Waals surface area contributed by atoms with Gasteiger partial charge < -0.3 is 4.74 Å². The molecule has 0 aliphatic carbocycles. The zero-order chi connectivity index (χ0) is 8.04. The van der Waals surface area contributed by atoms with Crippen molar-refractivity contribution >= 4 is 0 Å². The molecule has 0 unspecified atom stereocenters. The van der Waals surface area contributed by atoms with Crippen LogP contribution in [-0.2, 0) is 4.74 Å². The van der Waals surface area contributed by atoms with Gasteiger partial charge >= 0.3 is 18.9 Å². The van der Waals surface area contributed by atoms with Gasteiger partial charge in [0.2, 0.25) is 0 Å². The van der Waals surface area contributed by atoms with Crippen molar-refractivity contribution in [2.24, 2.45) is 5.41 Å². The molecule has 0 aromatic heterocycles. The largest absolute Gasteiger partial charge is 1.00 e. The Morgan fingerprint density at radius 1 is 1.45 bits per heavy atom. The molecule has 1 nitrogen and oxygen atoms in total. The Bertz CT molecular complexity index is 138. The van der Waals surface area contributed by atoms with Crippen molar-refractivity contribution in [3.63, 3.8) is 0 Å². The molecule has 0 saturated heterocycles. The Morgan fingerprint density at radius 3 is 2.36 bits per heavy atom. The Hall–Kier alpha value is -0.0826. The zero-order valence-corrected chi connectivity index (χ0v) is 8.19. The van der Waals surface area contributed by atoms with Gasteiger partial charge in [0, 0.05) is 0 Å². The molecule has 58 valence electrons. The number of ether oxygens (including phenoxy) is 1. The van der Waals surface area contributed by atoms with E-state index in [1.807, 2.05) is 13.0 Å². The molecule has 0 saturated carbocycles. The maximum Gasteiger partial charge on any atom is 1.00 e. The average Bonchev–Trinajstić information content (AvgIpc) is 1.78. The molecule has 0 rings (SSSR count). The Kier molecular flexibility index (Phi) is 8.12. The second-order valence-corrected chi connectivity index (χ2v) is 3.19. The standard InChI is InChI=1S/C9H15O.Li/c1-5-10-8-6-7-9(2,3)4;/h7H,5H2,1-4H3;/q-1;+1. The van der Waals surface area contributed by atoms with Crippen LogP contribution in [0.3, 0.4) is 0 Å². The molecule has 0 heterocycles. The SMILES string of the molecule is CCO[C-]=C=CC(C)(C)C.[Li+]. The number of rotatable bonds is 2. The van der Waals surface area contributed by atoms with Gasteiger partial charge in [-0.3, -0.25) is 5.73 Å². The van der Waals surface area contributed by atoms with Crippen molar-refractivity contribution in [1.82, 2.24) is 0 Å². The molecule has 0 atom stereocenters. The van der Waals surface area contributed by atoms with E-state index in [9.17, 15) is 0 Å². The van der Waals surface area contributed by atoms with Crippen LogP contribution in [0.2, 0.25) is 0 Å². The summed E-state index contributed by atoms with van der Waals surface area (Å²) in [6.45, 7) is 8.89. The summed E-state index contributed by atoms with van der Waals surface area (Å²) in [6.07, 6.45) is 4.52. The second kappa shape index (κ2) is 6.62. The first kappa shape index (κ1) is 13.5. The third kappa shape index (κ3) is 13.0. The summed E-state index contributed by atoms with van der Waals surface area (Å²) < 4.78 is 4.84. The molecule has 11 heavy (non-hydrogen) atoms. The minimum atomic E-state index is 0. The monoisotopic (exact) mass is 146 g/mol. The molecule has 0 aromatic carbocycles. The molecule has 0 aromatic rings. The van der Waals surface area contributed by atoms with E-state index in [4.69, 9.17) is 4.74 Å². The fourth-order valence-corrected chi connectivity index (χ4v) is 0.360. The van der Waals surface area contributed by atoms with Crippen molar-refractivity contribution in [2.75, 3.05) is 6.61 Å². The van der Waals surface area contributed by atoms with Gasteiger partial charge in [-0.25, -0.2) is 0 Å². The van der Waals surface area contributed by atoms with Crippen LogP contribution in [0.1, 0.15) is 27.7 Å². The molecule has 0 radical (unpaired) electrons. The predicted octanol–water partition coefficient (Wildman–Crippen LogP) is -0.455. The van der Waals surface area contributed by atoms with Crippen LogP contribution < -0.4 is 18.9 Å². The first-order valence-corrected chi connectivity index (χ1v) is 3.53. The van der Waals surface area contributed by atoms with Crippen LogP contribution >= 0.6 is 0 Å². The summed E-state index contributed by atoms with van der Waals surface area (Å²) in [7, 11) is 0. The molecule has 2 heteroatoms. The fraction of sp³-hybridized carbons (Fsp3) is 0.667. The topological polar surface area (TPSA) is 9.23 Å². The van der Waals surface area contributed by atoms with Crippen LogP contribution in [0.25, 0.3) is 0 Å². The smallest absolute Gasteiger partial charge is 0.586 e. The third-order valence-electron chi connectivity index (χ3n) is 0.781. The van der Waals surface area contributed by atoms with E-state index in [2.05, 4.69) is 32.8 Å². The van der Waals surface area contributed by atoms with Crippen molar-refractivity contribution in [3.05, 3.63) is 18.1 Å². The number of hydrogen-bond donors (Lipinski definition) is 0. The molecule has 0 N–H and O–H groups in total. The van der Waals surface area contributed by atoms with E-state index in [0.29, 0.717) is 6.61 Å². The fourth-order valence-electron chi connectivity index (χ4n) is 0.360. The van der Waals surface area contributed by atoms with Crippen LogP contribution in [0.4, 0.5) is 0 Å². The van der Waals surface area contributed by atoms with E-state index in [0.717, 1.165) is 0 Å². The molecule has 0 amide bonds. The quantitative estimate of drug-likeness (QED) is 0.222. The van der Waals surface area contributed by atoms with E-state index in [1.54, 1.807) is 0 Å². The van der Waals surface area contributed by atoms with E-state index in [-0.39, 0.29) is 24.3 Å². The van der Waals surface area contributed by atoms with Crippen LogP contribution in [0.15, 0.2) is 11.8 Å². The van der Waals surface area contributed by atoms with Gasteiger partial charge in [-0.2, -0.15) is 6.08 Å². The normalized spacial score (nSPS) is 9.09. The van der Waals surface area contributed by atoms with Gasteiger partial charge in [-0.15, -0.1) is 0 Å².